The van der Waals surface area contributed by atoms with E-state index in [0.717, 1.165) is 25.9 Å². The SMILES string of the molecule is O=C1CCCC(=O)N1CCC1CCNC1. The number of carbonyl (C=O) groups excluding carboxylic acids is 2. The summed E-state index contributed by atoms with van der Waals surface area (Å²) in [4.78, 5) is 24.5. The van der Waals surface area contributed by atoms with E-state index in [1.54, 1.807) is 0 Å². The highest BCUT2D eigenvalue weighted by Crippen LogP contribution is 2.17. The van der Waals surface area contributed by atoms with Gasteiger partial charge in [0.15, 0.2) is 0 Å². The van der Waals surface area contributed by atoms with Crippen molar-refractivity contribution >= 4 is 11.8 Å². The van der Waals surface area contributed by atoms with E-state index >= 15 is 0 Å². The van der Waals surface area contributed by atoms with Gasteiger partial charge >= 0.3 is 0 Å². The summed E-state index contributed by atoms with van der Waals surface area (Å²) in [6.45, 7) is 2.74. The van der Waals surface area contributed by atoms with Crippen LogP contribution in [0.3, 0.4) is 0 Å². The first-order valence-electron chi connectivity index (χ1n) is 5.81. The van der Waals surface area contributed by atoms with Crippen molar-refractivity contribution in [2.24, 2.45) is 5.92 Å². The van der Waals surface area contributed by atoms with E-state index < -0.39 is 0 Å². The molecule has 4 nitrogen and oxygen atoms in total. The lowest BCUT2D eigenvalue weighted by Gasteiger charge is -2.25. The fourth-order valence-electron chi connectivity index (χ4n) is 2.32. The van der Waals surface area contributed by atoms with Crippen LogP contribution in [0, 0.1) is 5.92 Å². The quantitative estimate of drug-likeness (QED) is 0.691. The first-order chi connectivity index (χ1) is 7.27. The average Bonchev–Trinajstić information content (AvgIpc) is 2.70. The second-order valence-corrected chi connectivity index (χ2v) is 4.44. The molecule has 4 heteroatoms. The van der Waals surface area contributed by atoms with Crippen LogP contribution in [0.25, 0.3) is 0 Å². The molecule has 2 fully saturated rings. The lowest BCUT2D eigenvalue weighted by molar-refractivity contribution is -0.148. The van der Waals surface area contributed by atoms with Crippen molar-refractivity contribution in [3.05, 3.63) is 0 Å². The molecule has 2 rings (SSSR count). The molecule has 0 spiro atoms. The van der Waals surface area contributed by atoms with Crippen molar-refractivity contribution in [1.29, 1.82) is 0 Å². The standard InChI is InChI=1S/C11H18N2O2/c14-10-2-1-3-11(15)13(10)7-5-9-4-6-12-8-9/h9,12H,1-8H2. The Morgan fingerprint density at radius 2 is 2.00 bits per heavy atom. The monoisotopic (exact) mass is 210 g/mol. The third-order valence-electron chi connectivity index (χ3n) is 3.31. The van der Waals surface area contributed by atoms with Crippen molar-refractivity contribution in [2.45, 2.75) is 32.1 Å². The van der Waals surface area contributed by atoms with Crippen LogP contribution >= 0.6 is 0 Å². The molecule has 1 unspecified atom stereocenters. The average molecular weight is 210 g/mol. The van der Waals surface area contributed by atoms with Crippen LogP contribution in [0.5, 0.6) is 0 Å². The molecule has 2 saturated heterocycles. The predicted molar refractivity (Wildman–Crippen MR) is 56.2 cm³/mol. The number of amides is 2. The van der Waals surface area contributed by atoms with Gasteiger partial charge in [-0.15, -0.1) is 0 Å². The topological polar surface area (TPSA) is 49.4 Å². The van der Waals surface area contributed by atoms with Crippen molar-refractivity contribution < 1.29 is 9.59 Å². The minimum atomic E-state index is 0.0252. The molecule has 0 radical (unpaired) electrons. The van der Waals surface area contributed by atoms with E-state index in [1.165, 1.54) is 11.3 Å². The van der Waals surface area contributed by atoms with Gasteiger partial charge in [-0.1, -0.05) is 0 Å². The molecular weight excluding hydrogens is 192 g/mol. The third kappa shape index (κ3) is 2.56. The van der Waals surface area contributed by atoms with E-state index in [4.69, 9.17) is 0 Å². The zero-order valence-corrected chi connectivity index (χ0v) is 9.00. The highest BCUT2D eigenvalue weighted by molar-refractivity contribution is 5.97. The summed E-state index contributed by atoms with van der Waals surface area (Å²) in [6, 6.07) is 0. The second-order valence-electron chi connectivity index (χ2n) is 4.44. The molecule has 1 N–H and O–H groups in total. The summed E-state index contributed by atoms with van der Waals surface area (Å²) in [7, 11) is 0. The second kappa shape index (κ2) is 4.75. The molecule has 2 aliphatic rings. The third-order valence-corrected chi connectivity index (χ3v) is 3.31. The van der Waals surface area contributed by atoms with E-state index in [0.29, 0.717) is 25.3 Å². The number of nitrogens with zero attached hydrogens (tertiary/aromatic N) is 1. The van der Waals surface area contributed by atoms with Crippen LogP contribution in [0.4, 0.5) is 0 Å². The number of imide groups is 1. The Morgan fingerprint density at radius 1 is 1.27 bits per heavy atom. The fourth-order valence-corrected chi connectivity index (χ4v) is 2.32. The molecule has 0 bridgehead atoms. The number of rotatable bonds is 3. The molecular formula is C11H18N2O2. The largest absolute Gasteiger partial charge is 0.316 e. The van der Waals surface area contributed by atoms with E-state index in [-0.39, 0.29) is 11.8 Å². The molecule has 15 heavy (non-hydrogen) atoms. The molecule has 2 aliphatic heterocycles. The van der Waals surface area contributed by atoms with Crippen LogP contribution < -0.4 is 5.32 Å². The Kier molecular flexibility index (Phi) is 3.36. The molecule has 1 atom stereocenters. The summed E-state index contributed by atoms with van der Waals surface area (Å²) in [5.41, 5.74) is 0. The highest BCUT2D eigenvalue weighted by Gasteiger charge is 2.26. The van der Waals surface area contributed by atoms with Crippen LogP contribution in [0.1, 0.15) is 32.1 Å². The van der Waals surface area contributed by atoms with Crippen LogP contribution in [-0.4, -0.2) is 36.3 Å². The predicted octanol–water partition coefficient (Wildman–Crippen LogP) is 0.525. The summed E-state index contributed by atoms with van der Waals surface area (Å²) >= 11 is 0. The number of nitrogens with one attached hydrogen (secondary N) is 1. The van der Waals surface area contributed by atoms with Gasteiger partial charge < -0.3 is 5.32 Å². The molecule has 0 aliphatic carbocycles. The Hall–Kier alpha value is -0.900. The smallest absolute Gasteiger partial charge is 0.229 e. The van der Waals surface area contributed by atoms with Gasteiger partial charge in [0.05, 0.1) is 0 Å². The lowest BCUT2D eigenvalue weighted by Crippen LogP contribution is -2.41. The Balaban J connectivity index is 1.81. The molecule has 0 saturated carbocycles. The maximum absolute atomic E-state index is 11.5. The zero-order chi connectivity index (χ0) is 10.7. The highest BCUT2D eigenvalue weighted by atomic mass is 16.2. The van der Waals surface area contributed by atoms with Crippen LogP contribution in [0.15, 0.2) is 0 Å². The van der Waals surface area contributed by atoms with Gasteiger partial charge in [-0.2, -0.15) is 0 Å². The molecule has 2 heterocycles. The van der Waals surface area contributed by atoms with Gasteiger partial charge in [0.2, 0.25) is 11.8 Å². The summed E-state index contributed by atoms with van der Waals surface area (Å²) in [5.74, 6) is 0.696. The first kappa shape index (κ1) is 10.6. The van der Waals surface area contributed by atoms with E-state index in [1.807, 2.05) is 0 Å². The molecule has 0 aromatic rings. The molecule has 84 valence electrons. The first-order valence-corrected chi connectivity index (χ1v) is 5.81. The van der Waals surface area contributed by atoms with Crippen molar-refractivity contribution in [3.63, 3.8) is 0 Å². The van der Waals surface area contributed by atoms with E-state index in [2.05, 4.69) is 5.32 Å². The lowest BCUT2D eigenvalue weighted by atomic mass is 10.0. The minimum Gasteiger partial charge on any atom is -0.316 e. The summed E-state index contributed by atoms with van der Waals surface area (Å²) in [5, 5.41) is 3.29. The van der Waals surface area contributed by atoms with Crippen LogP contribution in [0.2, 0.25) is 0 Å². The van der Waals surface area contributed by atoms with Crippen molar-refractivity contribution in [1.82, 2.24) is 10.2 Å². The van der Waals surface area contributed by atoms with Gasteiger partial charge in [-0.25, -0.2) is 0 Å². The Bertz CT molecular complexity index is 243. The van der Waals surface area contributed by atoms with Gasteiger partial charge in [-0.3, -0.25) is 14.5 Å². The van der Waals surface area contributed by atoms with Gasteiger partial charge in [0.25, 0.3) is 0 Å². The number of hydrogen-bond acceptors (Lipinski definition) is 3. The van der Waals surface area contributed by atoms with E-state index in [9.17, 15) is 9.59 Å². The van der Waals surface area contributed by atoms with Crippen molar-refractivity contribution in [2.75, 3.05) is 19.6 Å². The fraction of sp³-hybridized carbons (Fsp3) is 0.818. The normalized spacial score (nSPS) is 27.5. The maximum atomic E-state index is 11.5. The van der Waals surface area contributed by atoms with Crippen molar-refractivity contribution in [3.8, 4) is 0 Å². The number of piperidine rings is 1. The maximum Gasteiger partial charge on any atom is 0.229 e. The summed E-state index contributed by atoms with van der Waals surface area (Å²) < 4.78 is 0. The number of likely N-dealkylation sites (tertiary alicyclic amines) is 1. The zero-order valence-electron chi connectivity index (χ0n) is 9.00. The molecule has 2 amide bonds. The van der Waals surface area contributed by atoms with Gasteiger partial charge in [0, 0.05) is 19.4 Å². The molecule has 0 aromatic heterocycles. The minimum absolute atomic E-state index is 0.0252. The molecule has 0 aromatic carbocycles. The number of hydrogen-bond donors (Lipinski definition) is 1. The van der Waals surface area contributed by atoms with Gasteiger partial charge in [-0.05, 0) is 38.3 Å². The Morgan fingerprint density at radius 3 is 2.60 bits per heavy atom. The van der Waals surface area contributed by atoms with Crippen LogP contribution in [-0.2, 0) is 9.59 Å². The summed E-state index contributed by atoms with van der Waals surface area (Å²) in [6.07, 6.45) is 3.98. The Labute approximate surface area is 90.0 Å². The number of carbonyl (C=O) groups is 2. The van der Waals surface area contributed by atoms with Gasteiger partial charge in [0.1, 0.15) is 0 Å².